The van der Waals surface area contributed by atoms with Gasteiger partial charge in [-0.15, -0.1) is 0 Å². The van der Waals surface area contributed by atoms with Crippen LogP contribution in [0.25, 0.3) is 0 Å². The summed E-state index contributed by atoms with van der Waals surface area (Å²) in [5.41, 5.74) is 1.32. The standard InChI is InChI=1S/C14H14O/c1-11-7-8-14(10-12(14)9-11)15-13-5-3-2-4-6-13/h2-9,12H,10H2,1H3. The average molecular weight is 198 g/mol. The van der Waals surface area contributed by atoms with Crippen LogP contribution in [0.3, 0.4) is 0 Å². The Morgan fingerprint density at radius 1 is 1.27 bits per heavy atom. The van der Waals surface area contributed by atoms with E-state index >= 15 is 0 Å². The second kappa shape index (κ2) is 2.99. The van der Waals surface area contributed by atoms with Crippen LogP contribution >= 0.6 is 0 Å². The fourth-order valence-corrected chi connectivity index (χ4v) is 2.18. The van der Waals surface area contributed by atoms with Gasteiger partial charge in [0.15, 0.2) is 0 Å². The lowest BCUT2D eigenvalue weighted by atomic mass is 10.1. The Balaban J connectivity index is 1.80. The number of benzene rings is 1. The minimum Gasteiger partial charge on any atom is -0.483 e. The monoisotopic (exact) mass is 198 g/mol. The first-order chi connectivity index (χ1) is 7.28. The quantitative estimate of drug-likeness (QED) is 0.708. The molecule has 0 amide bonds. The van der Waals surface area contributed by atoms with E-state index in [1.54, 1.807) is 0 Å². The normalized spacial score (nSPS) is 31.8. The molecule has 0 radical (unpaired) electrons. The van der Waals surface area contributed by atoms with Crippen molar-refractivity contribution in [3.05, 3.63) is 54.1 Å². The van der Waals surface area contributed by atoms with Gasteiger partial charge in [0.2, 0.25) is 0 Å². The summed E-state index contributed by atoms with van der Waals surface area (Å²) in [6, 6.07) is 10.1. The van der Waals surface area contributed by atoms with Crippen LogP contribution in [0.1, 0.15) is 13.3 Å². The first kappa shape index (κ1) is 8.78. The minimum absolute atomic E-state index is 0.0269. The molecule has 0 N–H and O–H groups in total. The van der Waals surface area contributed by atoms with Crippen LogP contribution in [0.15, 0.2) is 54.1 Å². The molecule has 0 aromatic heterocycles. The second-order valence-electron chi connectivity index (χ2n) is 4.42. The van der Waals surface area contributed by atoms with Crippen molar-refractivity contribution in [1.82, 2.24) is 0 Å². The van der Waals surface area contributed by atoms with Gasteiger partial charge in [-0.3, -0.25) is 0 Å². The maximum atomic E-state index is 6.03. The van der Waals surface area contributed by atoms with Crippen LogP contribution in [0.5, 0.6) is 5.75 Å². The average Bonchev–Trinajstić information content (AvgIpc) is 2.93. The molecule has 76 valence electrons. The Labute approximate surface area is 90.1 Å². The minimum atomic E-state index is -0.0269. The van der Waals surface area contributed by atoms with Gasteiger partial charge < -0.3 is 4.74 Å². The van der Waals surface area contributed by atoms with Crippen LogP contribution < -0.4 is 4.74 Å². The number of para-hydroxylation sites is 1. The van der Waals surface area contributed by atoms with Crippen LogP contribution in [0, 0.1) is 5.92 Å². The Morgan fingerprint density at radius 2 is 2.07 bits per heavy atom. The summed E-state index contributed by atoms with van der Waals surface area (Å²) in [6.45, 7) is 2.14. The van der Waals surface area contributed by atoms with Gasteiger partial charge in [-0.05, 0) is 25.1 Å². The summed E-state index contributed by atoms with van der Waals surface area (Å²) >= 11 is 0. The molecule has 0 heterocycles. The third-order valence-corrected chi connectivity index (χ3v) is 3.15. The Bertz CT molecular complexity index is 430. The fourth-order valence-electron chi connectivity index (χ4n) is 2.18. The highest BCUT2D eigenvalue weighted by Crippen LogP contribution is 2.51. The number of allylic oxidation sites excluding steroid dienone is 2. The van der Waals surface area contributed by atoms with Gasteiger partial charge in [0.25, 0.3) is 0 Å². The Hall–Kier alpha value is -1.50. The molecule has 3 rings (SSSR count). The molecule has 1 aromatic carbocycles. The molecule has 1 aromatic rings. The third-order valence-electron chi connectivity index (χ3n) is 3.15. The highest BCUT2D eigenvalue weighted by Gasteiger charge is 2.54. The lowest BCUT2D eigenvalue weighted by Crippen LogP contribution is -2.19. The molecule has 1 saturated carbocycles. The smallest absolute Gasteiger partial charge is 0.135 e. The van der Waals surface area contributed by atoms with Gasteiger partial charge in [0.05, 0.1) is 0 Å². The van der Waals surface area contributed by atoms with Gasteiger partial charge >= 0.3 is 0 Å². The molecule has 1 nitrogen and oxygen atoms in total. The van der Waals surface area contributed by atoms with E-state index in [4.69, 9.17) is 4.74 Å². The van der Waals surface area contributed by atoms with Crippen LogP contribution in [0.4, 0.5) is 0 Å². The van der Waals surface area contributed by atoms with Crippen LogP contribution in [0.2, 0.25) is 0 Å². The summed E-state index contributed by atoms with van der Waals surface area (Å²) < 4.78 is 6.03. The number of rotatable bonds is 2. The van der Waals surface area contributed by atoms with E-state index in [9.17, 15) is 0 Å². The van der Waals surface area contributed by atoms with E-state index in [2.05, 4.69) is 25.2 Å². The molecule has 0 saturated heterocycles. The Kier molecular flexibility index (Phi) is 1.75. The summed E-state index contributed by atoms with van der Waals surface area (Å²) in [4.78, 5) is 0. The predicted molar refractivity (Wildman–Crippen MR) is 60.8 cm³/mol. The maximum Gasteiger partial charge on any atom is 0.135 e. The lowest BCUT2D eigenvalue weighted by molar-refractivity contribution is 0.217. The van der Waals surface area contributed by atoms with Crippen LogP contribution in [-0.4, -0.2) is 5.60 Å². The topological polar surface area (TPSA) is 9.23 Å². The first-order valence-electron chi connectivity index (χ1n) is 5.40. The first-order valence-corrected chi connectivity index (χ1v) is 5.40. The van der Waals surface area contributed by atoms with Gasteiger partial charge in [-0.25, -0.2) is 0 Å². The molecule has 2 atom stereocenters. The maximum absolute atomic E-state index is 6.03. The van der Waals surface area contributed by atoms with Crippen molar-refractivity contribution in [2.24, 2.45) is 5.92 Å². The van der Waals surface area contributed by atoms with Crippen molar-refractivity contribution in [2.45, 2.75) is 18.9 Å². The zero-order valence-corrected chi connectivity index (χ0v) is 8.81. The number of fused-ring (bicyclic) bond motifs is 1. The van der Waals surface area contributed by atoms with E-state index in [-0.39, 0.29) is 5.60 Å². The second-order valence-corrected chi connectivity index (χ2v) is 4.42. The molecule has 1 fully saturated rings. The molecule has 0 bridgehead atoms. The van der Waals surface area contributed by atoms with Crippen LogP contribution in [-0.2, 0) is 0 Å². The molecule has 0 aliphatic heterocycles. The van der Waals surface area contributed by atoms with E-state index < -0.39 is 0 Å². The molecule has 15 heavy (non-hydrogen) atoms. The largest absolute Gasteiger partial charge is 0.483 e. The number of ether oxygens (including phenoxy) is 1. The fraction of sp³-hybridized carbons (Fsp3) is 0.286. The third kappa shape index (κ3) is 1.48. The SMILES string of the molecule is CC1=CC2CC2(Oc2ccccc2)C=C1. The van der Waals surface area contributed by atoms with Crippen molar-refractivity contribution in [1.29, 1.82) is 0 Å². The highest BCUT2D eigenvalue weighted by molar-refractivity contribution is 5.39. The van der Waals surface area contributed by atoms with E-state index in [1.807, 2.05) is 30.3 Å². The van der Waals surface area contributed by atoms with Crippen molar-refractivity contribution < 1.29 is 4.74 Å². The number of hydrogen-bond donors (Lipinski definition) is 0. The lowest BCUT2D eigenvalue weighted by Gasteiger charge is -2.18. The van der Waals surface area contributed by atoms with Gasteiger partial charge in [0, 0.05) is 12.3 Å². The molecule has 2 unspecified atom stereocenters. The molecule has 0 spiro atoms. The summed E-state index contributed by atoms with van der Waals surface area (Å²) in [6.07, 6.45) is 7.80. The Morgan fingerprint density at radius 3 is 2.80 bits per heavy atom. The summed E-state index contributed by atoms with van der Waals surface area (Å²) in [7, 11) is 0. The molecular formula is C14H14O. The highest BCUT2D eigenvalue weighted by atomic mass is 16.5. The summed E-state index contributed by atoms with van der Waals surface area (Å²) in [5, 5.41) is 0. The summed E-state index contributed by atoms with van der Waals surface area (Å²) in [5.74, 6) is 1.56. The van der Waals surface area contributed by atoms with E-state index in [0.717, 1.165) is 12.2 Å². The molecule has 2 aliphatic rings. The van der Waals surface area contributed by atoms with Crippen molar-refractivity contribution >= 4 is 0 Å². The molecule has 2 aliphatic carbocycles. The number of hydrogen-bond acceptors (Lipinski definition) is 1. The van der Waals surface area contributed by atoms with Crippen molar-refractivity contribution in [3.63, 3.8) is 0 Å². The van der Waals surface area contributed by atoms with E-state index in [0.29, 0.717) is 5.92 Å². The molecular weight excluding hydrogens is 184 g/mol. The zero-order valence-electron chi connectivity index (χ0n) is 8.81. The predicted octanol–water partition coefficient (Wildman–Crippen LogP) is 3.34. The van der Waals surface area contributed by atoms with Gasteiger partial charge in [0.1, 0.15) is 11.4 Å². The van der Waals surface area contributed by atoms with Gasteiger partial charge in [-0.2, -0.15) is 0 Å². The van der Waals surface area contributed by atoms with Crippen molar-refractivity contribution in [2.75, 3.05) is 0 Å². The molecule has 1 heteroatoms. The van der Waals surface area contributed by atoms with Gasteiger partial charge in [-0.1, -0.05) is 35.9 Å². The zero-order chi connectivity index (χ0) is 10.3. The van der Waals surface area contributed by atoms with Crippen molar-refractivity contribution in [3.8, 4) is 5.75 Å². The van der Waals surface area contributed by atoms with E-state index in [1.165, 1.54) is 5.57 Å².